The molecule has 2 unspecified atom stereocenters. The Morgan fingerprint density at radius 3 is 2.75 bits per heavy atom. The van der Waals surface area contributed by atoms with Crippen LogP contribution in [0.3, 0.4) is 0 Å². The van der Waals surface area contributed by atoms with Crippen LogP contribution in [0, 0.1) is 38.5 Å². The summed E-state index contributed by atoms with van der Waals surface area (Å²) in [5, 5.41) is 0. The summed E-state index contributed by atoms with van der Waals surface area (Å²) in [5.74, 6) is 0.153. The molecular formula is C17H21NO3S2U. The van der Waals surface area contributed by atoms with Crippen LogP contribution in [0.1, 0.15) is 26.7 Å². The van der Waals surface area contributed by atoms with Crippen molar-refractivity contribution in [3.63, 3.8) is 0 Å². The van der Waals surface area contributed by atoms with E-state index < -0.39 is 5.79 Å². The minimum atomic E-state index is -0.654. The minimum absolute atomic E-state index is 0. The molecule has 1 fully saturated rings. The molecule has 2 aromatic rings. The van der Waals surface area contributed by atoms with E-state index in [9.17, 15) is 4.79 Å². The number of carbonyl (C=O) groups excluding carboxylic acids is 1. The number of rotatable bonds is 5. The quantitative estimate of drug-likeness (QED) is 0.386. The largest absolute Gasteiger partial charge is 2.00 e. The Morgan fingerprint density at radius 1 is 1.33 bits per heavy atom. The van der Waals surface area contributed by atoms with Gasteiger partial charge in [-0.15, -0.1) is 17.8 Å². The summed E-state index contributed by atoms with van der Waals surface area (Å²) in [6.07, 6.45) is 2.90. The monoisotopic (exact) mass is 589 g/mol. The maximum atomic E-state index is 10.6. The van der Waals surface area contributed by atoms with Gasteiger partial charge >= 0.3 is 31.1 Å². The van der Waals surface area contributed by atoms with Gasteiger partial charge in [0, 0.05) is 11.9 Å². The third-order valence-electron chi connectivity index (χ3n) is 3.40. The molecule has 0 amide bonds. The summed E-state index contributed by atoms with van der Waals surface area (Å²) in [6.45, 7) is 3.78. The van der Waals surface area contributed by atoms with Gasteiger partial charge in [0.2, 0.25) is 0 Å². The maximum Gasteiger partial charge on any atom is 2.00 e. The fraction of sp³-hybridized carbons (Fsp3) is 0.471. The van der Waals surface area contributed by atoms with Gasteiger partial charge in [0.1, 0.15) is 0 Å². The maximum absolute atomic E-state index is 10.6. The summed E-state index contributed by atoms with van der Waals surface area (Å²) in [5.41, 5.74) is 1.04. The molecule has 0 N–H and O–H groups in total. The standard InChI is InChI=1S/C16H18NO3S2.CH3.U/c1-16(2)19-11(7-8-18)9-12(20-16)10-21-15-17-13-5-3-4-6-14(13)22-15;;/h3-6,11-12H,7,9-10H2,1-2H3;1H3;/q2*-1;+2. The molecule has 1 aliphatic heterocycles. The zero-order valence-corrected chi connectivity index (χ0v) is 19.9. The molecule has 3 rings (SSSR count). The Labute approximate surface area is 175 Å². The molecule has 128 valence electrons. The second kappa shape index (κ2) is 9.70. The Kier molecular flexibility index (Phi) is 8.95. The molecule has 0 spiro atoms. The van der Waals surface area contributed by atoms with Crippen LogP contribution in [0.25, 0.3) is 10.2 Å². The van der Waals surface area contributed by atoms with E-state index in [1.165, 1.54) is 4.70 Å². The second-order valence-electron chi connectivity index (χ2n) is 5.72. The minimum Gasteiger partial charge on any atom is -0.542 e. The number of ether oxygens (including phenoxy) is 2. The Balaban J connectivity index is 0.00000144. The summed E-state index contributed by atoms with van der Waals surface area (Å²) < 4.78 is 13.9. The third kappa shape index (κ3) is 5.83. The molecule has 7 heteroatoms. The van der Waals surface area contributed by atoms with E-state index in [1.54, 1.807) is 23.1 Å². The zero-order chi connectivity index (χ0) is 15.6. The average molecular weight is 590 g/mol. The van der Waals surface area contributed by atoms with E-state index >= 15 is 0 Å². The predicted octanol–water partition coefficient (Wildman–Crippen LogP) is 4.25. The number of hydrogen-bond acceptors (Lipinski definition) is 6. The van der Waals surface area contributed by atoms with Gasteiger partial charge in [-0.1, -0.05) is 23.9 Å². The van der Waals surface area contributed by atoms with Gasteiger partial charge in [-0.2, -0.15) is 0 Å². The van der Waals surface area contributed by atoms with Crippen molar-refractivity contribution in [3.05, 3.63) is 31.7 Å². The number of thiazole rings is 1. The smallest absolute Gasteiger partial charge is 0.542 e. The van der Waals surface area contributed by atoms with Crippen LogP contribution in [-0.4, -0.2) is 35.0 Å². The van der Waals surface area contributed by atoms with Crippen LogP contribution in [0.4, 0.5) is 0 Å². The van der Waals surface area contributed by atoms with Crippen molar-refractivity contribution in [3.8, 4) is 0 Å². The molecule has 0 saturated carbocycles. The molecule has 0 bridgehead atoms. The second-order valence-corrected chi connectivity index (χ2v) is 8.02. The molecule has 1 aromatic carbocycles. The molecule has 1 aromatic heterocycles. The van der Waals surface area contributed by atoms with Gasteiger partial charge in [-0.3, -0.25) is 6.29 Å². The van der Waals surface area contributed by atoms with Crippen molar-refractivity contribution < 1.29 is 45.4 Å². The number of thioether (sulfide) groups is 1. The van der Waals surface area contributed by atoms with Crippen LogP contribution in [-0.2, 0) is 14.3 Å². The number of fused-ring (bicyclic) bond motifs is 1. The van der Waals surface area contributed by atoms with Crippen LogP contribution in [0.15, 0.2) is 28.6 Å². The molecule has 2 heterocycles. The van der Waals surface area contributed by atoms with Crippen LogP contribution < -0.4 is 0 Å². The van der Waals surface area contributed by atoms with Gasteiger partial charge in [0.05, 0.1) is 16.3 Å². The van der Waals surface area contributed by atoms with Crippen LogP contribution >= 0.6 is 23.1 Å². The zero-order valence-electron chi connectivity index (χ0n) is 14.1. The fourth-order valence-corrected chi connectivity index (χ4v) is 4.72. The van der Waals surface area contributed by atoms with Gasteiger partial charge in [-0.25, -0.2) is 4.98 Å². The van der Waals surface area contributed by atoms with Crippen LogP contribution in [0.5, 0.6) is 0 Å². The summed E-state index contributed by atoms with van der Waals surface area (Å²) in [7, 11) is 0. The van der Waals surface area contributed by atoms with Crippen LogP contribution in [0.2, 0.25) is 0 Å². The topological polar surface area (TPSA) is 48.4 Å². The summed E-state index contributed by atoms with van der Waals surface area (Å²) in [4.78, 5) is 15.2. The third-order valence-corrected chi connectivity index (χ3v) is 5.72. The number of benzene rings is 1. The van der Waals surface area contributed by atoms with E-state index in [4.69, 9.17) is 9.47 Å². The molecule has 24 heavy (non-hydrogen) atoms. The molecule has 0 aliphatic carbocycles. The Bertz CT molecular complexity index is 629. The SMILES string of the molecule is CC1(C)OC(C[C-]=O)CC(CSc2nc3ccccc3s2)O1.[CH3-].[U+2]. The van der Waals surface area contributed by atoms with Gasteiger partial charge in [0.15, 0.2) is 10.1 Å². The molecular weight excluding hydrogens is 568 g/mol. The Hall–Kier alpha value is 0.102. The van der Waals surface area contributed by atoms with E-state index in [0.717, 1.165) is 22.0 Å². The fourth-order valence-electron chi connectivity index (χ4n) is 2.62. The summed E-state index contributed by atoms with van der Waals surface area (Å²) in [6, 6.07) is 8.14. The van der Waals surface area contributed by atoms with Crippen molar-refractivity contribution in [2.75, 3.05) is 5.75 Å². The first-order chi connectivity index (χ1) is 10.6. The first kappa shape index (κ1) is 22.1. The number of para-hydroxylation sites is 1. The average Bonchev–Trinajstić information content (AvgIpc) is 2.86. The Morgan fingerprint density at radius 2 is 2.04 bits per heavy atom. The molecule has 1 aliphatic rings. The number of hydrogen-bond donors (Lipinski definition) is 0. The molecule has 2 atom stereocenters. The first-order valence-corrected chi connectivity index (χ1v) is 9.05. The van der Waals surface area contributed by atoms with Gasteiger partial charge < -0.3 is 21.7 Å². The van der Waals surface area contributed by atoms with Crippen molar-refractivity contribution in [2.45, 2.75) is 49.0 Å². The van der Waals surface area contributed by atoms with Crippen molar-refractivity contribution in [1.29, 1.82) is 0 Å². The molecule has 4 nitrogen and oxygen atoms in total. The van der Waals surface area contributed by atoms with Gasteiger partial charge in [-0.05, 0) is 32.4 Å². The van der Waals surface area contributed by atoms with Crippen molar-refractivity contribution >= 4 is 39.6 Å². The van der Waals surface area contributed by atoms with Crippen molar-refractivity contribution in [2.24, 2.45) is 0 Å². The van der Waals surface area contributed by atoms with E-state index in [0.29, 0.717) is 6.42 Å². The number of aromatic nitrogens is 1. The van der Waals surface area contributed by atoms with E-state index in [-0.39, 0.29) is 50.7 Å². The normalized spacial score (nSPS) is 22.4. The number of nitrogens with zero attached hydrogens (tertiary/aromatic N) is 1. The van der Waals surface area contributed by atoms with E-state index in [2.05, 4.69) is 11.1 Å². The molecule has 0 radical (unpaired) electrons. The van der Waals surface area contributed by atoms with Crippen molar-refractivity contribution in [1.82, 2.24) is 4.98 Å². The predicted molar refractivity (Wildman–Crippen MR) is 95.5 cm³/mol. The first-order valence-electron chi connectivity index (χ1n) is 7.25. The summed E-state index contributed by atoms with van der Waals surface area (Å²) >= 11 is 3.40. The molecule has 1 saturated heterocycles. The van der Waals surface area contributed by atoms with E-state index in [1.807, 2.05) is 38.3 Å². The van der Waals surface area contributed by atoms with Gasteiger partial charge in [0.25, 0.3) is 0 Å².